The Morgan fingerprint density at radius 3 is 2.72 bits per heavy atom. The van der Waals surface area contributed by atoms with Gasteiger partial charge < -0.3 is 19.5 Å². The van der Waals surface area contributed by atoms with Gasteiger partial charge in [0, 0.05) is 12.1 Å². The molecule has 0 radical (unpaired) electrons. The number of hydrogen-bond donors (Lipinski definition) is 1. The van der Waals surface area contributed by atoms with Crippen molar-refractivity contribution in [2.75, 3.05) is 20.3 Å². The van der Waals surface area contributed by atoms with E-state index in [0.29, 0.717) is 24.0 Å². The fraction of sp³-hybridized carbons (Fsp3) is 0.474. The molecule has 1 amide bonds. The molecule has 0 aliphatic heterocycles. The standard InChI is InChI=1S/C19H25NO5/c1-4-24-16-9-5-14(11-17(16)23-3)6-10-19(22)25-12-18(21)20-13(2)15-7-8-15/h5-6,9-11,13,15H,4,7-8,12H2,1-3H3,(H,20,21)/b10-6+/t13-/m1/s1. The second-order valence-corrected chi connectivity index (χ2v) is 5.98. The average molecular weight is 347 g/mol. The third-order valence-corrected chi connectivity index (χ3v) is 3.96. The van der Waals surface area contributed by atoms with Crippen LogP contribution < -0.4 is 14.8 Å². The molecule has 2 rings (SSSR count). The van der Waals surface area contributed by atoms with Crippen LogP contribution >= 0.6 is 0 Å². The van der Waals surface area contributed by atoms with Crippen molar-refractivity contribution in [3.05, 3.63) is 29.8 Å². The quantitative estimate of drug-likeness (QED) is 0.549. The first kappa shape index (κ1) is 18.8. The average Bonchev–Trinajstić information content (AvgIpc) is 3.44. The lowest BCUT2D eigenvalue weighted by molar-refractivity contribution is -0.144. The normalized spacial score (nSPS) is 14.8. The summed E-state index contributed by atoms with van der Waals surface area (Å²) in [6.07, 6.45) is 5.18. The molecule has 1 N–H and O–H groups in total. The third kappa shape index (κ3) is 6.14. The van der Waals surface area contributed by atoms with Crippen molar-refractivity contribution < 1.29 is 23.8 Å². The van der Waals surface area contributed by atoms with Crippen LogP contribution in [0.5, 0.6) is 11.5 Å². The van der Waals surface area contributed by atoms with Gasteiger partial charge in [-0.05, 0) is 56.4 Å². The molecule has 1 atom stereocenters. The molecule has 25 heavy (non-hydrogen) atoms. The maximum atomic E-state index is 11.7. The number of benzene rings is 1. The van der Waals surface area contributed by atoms with E-state index in [0.717, 1.165) is 18.4 Å². The molecule has 0 saturated heterocycles. The summed E-state index contributed by atoms with van der Waals surface area (Å²) in [4.78, 5) is 23.4. The van der Waals surface area contributed by atoms with Crippen LogP contribution in [0.15, 0.2) is 24.3 Å². The van der Waals surface area contributed by atoms with Crippen molar-refractivity contribution in [1.82, 2.24) is 5.32 Å². The van der Waals surface area contributed by atoms with Crippen molar-refractivity contribution in [3.8, 4) is 11.5 Å². The van der Waals surface area contributed by atoms with Crippen molar-refractivity contribution in [2.24, 2.45) is 5.92 Å². The number of esters is 1. The van der Waals surface area contributed by atoms with E-state index in [9.17, 15) is 9.59 Å². The Balaban J connectivity index is 1.81. The van der Waals surface area contributed by atoms with Crippen LogP contribution in [0.3, 0.4) is 0 Å². The molecule has 0 bridgehead atoms. The summed E-state index contributed by atoms with van der Waals surface area (Å²) in [6, 6.07) is 5.48. The highest BCUT2D eigenvalue weighted by Crippen LogP contribution is 2.32. The van der Waals surface area contributed by atoms with Crippen LogP contribution in [0.1, 0.15) is 32.3 Å². The van der Waals surface area contributed by atoms with Gasteiger partial charge in [0.1, 0.15) is 0 Å². The summed E-state index contributed by atoms with van der Waals surface area (Å²) in [5.41, 5.74) is 0.768. The maximum absolute atomic E-state index is 11.7. The zero-order valence-electron chi connectivity index (χ0n) is 14.9. The van der Waals surface area contributed by atoms with Crippen LogP contribution in [-0.4, -0.2) is 38.2 Å². The highest BCUT2D eigenvalue weighted by atomic mass is 16.5. The Labute approximate surface area is 148 Å². The number of amides is 1. The summed E-state index contributed by atoms with van der Waals surface area (Å²) in [5.74, 6) is 0.956. The van der Waals surface area contributed by atoms with E-state index in [1.165, 1.54) is 6.08 Å². The molecule has 6 heteroatoms. The van der Waals surface area contributed by atoms with Gasteiger partial charge >= 0.3 is 5.97 Å². The van der Waals surface area contributed by atoms with Gasteiger partial charge in [-0.3, -0.25) is 4.79 Å². The number of carbonyl (C=O) groups excluding carboxylic acids is 2. The topological polar surface area (TPSA) is 73.9 Å². The second kappa shape index (κ2) is 9.11. The minimum Gasteiger partial charge on any atom is -0.493 e. The lowest BCUT2D eigenvalue weighted by Crippen LogP contribution is -2.36. The summed E-state index contributed by atoms with van der Waals surface area (Å²) in [6.45, 7) is 4.13. The molecule has 1 fully saturated rings. The molecule has 0 aromatic heterocycles. The molecule has 0 spiro atoms. The van der Waals surface area contributed by atoms with E-state index in [1.54, 1.807) is 31.4 Å². The van der Waals surface area contributed by atoms with E-state index in [1.807, 2.05) is 13.8 Å². The first-order valence-corrected chi connectivity index (χ1v) is 8.48. The Morgan fingerprint density at radius 2 is 2.08 bits per heavy atom. The molecule has 1 aliphatic rings. The summed E-state index contributed by atoms with van der Waals surface area (Å²) in [5, 5.41) is 2.83. The first-order chi connectivity index (χ1) is 12.0. The Morgan fingerprint density at radius 1 is 1.32 bits per heavy atom. The predicted molar refractivity (Wildman–Crippen MR) is 94.5 cm³/mol. The lowest BCUT2D eigenvalue weighted by Gasteiger charge is -2.12. The number of rotatable bonds is 9. The van der Waals surface area contributed by atoms with E-state index in [-0.39, 0.29) is 18.6 Å². The van der Waals surface area contributed by atoms with Crippen LogP contribution in [0, 0.1) is 5.92 Å². The predicted octanol–water partition coefficient (Wildman–Crippen LogP) is 2.57. The minimum absolute atomic E-state index is 0.137. The Hall–Kier alpha value is -2.50. The van der Waals surface area contributed by atoms with Crippen molar-refractivity contribution >= 4 is 18.0 Å². The number of methoxy groups -OCH3 is 1. The smallest absolute Gasteiger partial charge is 0.331 e. The van der Waals surface area contributed by atoms with E-state index in [4.69, 9.17) is 14.2 Å². The molecule has 136 valence electrons. The molecule has 1 aromatic carbocycles. The van der Waals surface area contributed by atoms with Crippen LogP contribution in [0.4, 0.5) is 0 Å². The highest BCUT2D eigenvalue weighted by molar-refractivity contribution is 5.89. The van der Waals surface area contributed by atoms with Crippen LogP contribution in [0.25, 0.3) is 6.08 Å². The van der Waals surface area contributed by atoms with E-state index in [2.05, 4.69) is 5.32 Å². The Kier molecular flexibility index (Phi) is 6.86. The number of hydrogen-bond acceptors (Lipinski definition) is 5. The molecule has 0 unspecified atom stereocenters. The third-order valence-electron chi connectivity index (χ3n) is 3.96. The fourth-order valence-corrected chi connectivity index (χ4v) is 2.42. The zero-order chi connectivity index (χ0) is 18.2. The van der Waals surface area contributed by atoms with Gasteiger partial charge in [0.15, 0.2) is 18.1 Å². The van der Waals surface area contributed by atoms with Crippen LogP contribution in [-0.2, 0) is 14.3 Å². The fourth-order valence-electron chi connectivity index (χ4n) is 2.42. The molecule has 0 heterocycles. The summed E-state index contributed by atoms with van der Waals surface area (Å²) in [7, 11) is 1.56. The van der Waals surface area contributed by atoms with Crippen LogP contribution in [0.2, 0.25) is 0 Å². The van der Waals surface area contributed by atoms with Gasteiger partial charge in [-0.25, -0.2) is 4.79 Å². The van der Waals surface area contributed by atoms with Crippen molar-refractivity contribution in [1.29, 1.82) is 0 Å². The monoisotopic (exact) mass is 347 g/mol. The number of nitrogens with one attached hydrogen (secondary N) is 1. The molecule has 1 aromatic rings. The second-order valence-electron chi connectivity index (χ2n) is 5.98. The van der Waals surface area contributed by atoms with Gasteiger partial charge in [0.25, 0.3) is 5.91 Å². The molecule has 1 saturated carbocycles. The zero-order valence-corrected chi connectivity index (χ0v) is 14.9. The highest BCUT2D eigenvalue weighted by Gasteiger charge is 2.28. The molecule has 1 aliphatic carbocycles. The van der Waals surface area contributed by atoms with Gasteiger partial charge in [0.05, 0.1) is 13.7 Å². The molecular weight excluding hydrogens is 322 g/mol. The largest absolute Gasteiger partial charge is 0.493 e. The summed E-state index contributed by atoms with van der Waals surface area (Å²) < 4.78 is 15.7. The van der Waals surface area contributed by atoms with E-state index < -0.39 is 5.97 Å². The minimum atomic E-state index is -0.568. The lowest BCUT2D eigenvalue weighted by atomic mass is 10.2. The first-order valence-electron chi connectivity index (χ1n) is 8.48. The van der Waals surface area contributed by atoms with Gasteiger partial charge in [0.2, 0.25) is 0 Å². The molecular formula is C19H25NO5. The number of ether oxygens (including phenoxy) is 3. The number of carbonyl (C=O) groups is 2. The maximum Gasteiger partial charge on any atom is 0.331 e. The SMILES string of the molecule is CCOc1ccc(/C=C/C(=O)OCC(=O)N[C@H](C)C2CC2)cc1OC. The van der Waals surface area contributed by atoms with Crippen molar-refractivity contribution in [3.63, 3.8) is 0 Å². The van der Waals surface area contributed by atoms with Gasteiger partial charge in [-0.1, -0.05) is 6.07 Å². The van der Waals surface area contributed by atoms with Gasteiger partial charge in [-0.2, -0.15) is 0 Å². The van der Waals surface area contributed by atoms with Gasteiger partial charge in [-0.15, -0.1) is 0 Å². The van der Waals surface area contributed by atoms with E-state index >= 15 is 0 Å². The molecule has 6 nitrogen and oxygen atoms in total. The van der Waals surface area contributed by atoms with Crippen molar-refractivity contribution in [2.45, 2.75) is 32.7 Å². The summed E-state index contributed by atoms with van der Waals surface area (Å²) >= 11 is 0. The Bertz CT molecular complexity index is 637.